The maximum absolute atomic E-state index is 10.8. The summed E-state index contributed by atoms with van der Waals surface area (Å²) in [6, 6.07) is 3.97. The van der Waals surface area contributed by atoms with Crippen LogP contribution in [0.3, 0.4) is 0 Å². The number of carbonyl (C=O) groups is 1. The number of hydrogen-bond donors (Lipinski definition) is 1. The SMILES string of the molecule is O=Cc1nc2ccc(N3CCC4(CCN4)C3)nc2s1. The zero-order valence-electron chi connectivity index (χ0n) is 10.4. The van der Waals surface area contributed by atoms with E-state index >= 15 is 0 Å². The number of nitrogens with zero attached hydrogens (tertiary/aromatic N) is 3. The molecule has 0 aliphatic carbocycles. The quantitative estimate of drug-likeness (QED) is 0.840. The van der Waals surface area contributed by atoms with Crippen molar-refractivity contribution in [3.8, 4) is 0 Å². The first-order valence-electron chi connectivity index (χ1n) is 6.51. The van der Waals surface area contributed by atoms with Crippen molar-refractivity contribution in [2.45, 2.75) is 18.4 Å². The number of pyridine rings is 1. The molecule has 1 spiro atoms. The highest BCUT2D eigenvalue weighted by atomic mass is 32.1. The largest absolute Gasteiger partial charge is 0.355 e. The Bertz CT molecular complexity index is 649. The topological polar surface area (TPSA) is 58.1 Å². The molecule has 2 fully saturated rings. The Kier molecular flexibility index (Phi) is 2.37. The number of thiazole rings is 1. The van der Waals surface area contributed by atoms with Gasteiger partial charge in [0.25, 0.3) is 0 Å². The zero-order chi connectivity index (χ0) is 12.9. The summed E-state index contributed by atoms with van der Waals surface area (Å²) < 4.78 is 0. The Labute approximate surface area is 114 Å². The van der Waals surface area contributed by atoms with Crippen LogP contribution in [-0.4, -0.2) is 41.4 Å². The molecule has 5 nitrogen and oxygen atoms in total. The number of anilines is 1. The second kappa shape index (κ2) is 3.98. The van der Waals surface area contributed by atoms with Gasteiger partial charge in [0.15, 0.2) is 11.3 Å². The molecule has 0 saturated carbocycles. The first-order valence-corrected chi connectivity index (χ1v) is 7.32. The minimum Gasteiger partial charge on any atom is -0.355 e. The van der Waals surface area contributed by atoms with Gasteiger partial charge in [-0.1, -0.05) is 11.3 Å². The lowest BCUT2D eigenvalue weighted by atomic mass is 9.87. The van der Waals surface area contributed by atoms with Gasteiger partial charge >= 0.3 is 0 Å². The maximum atomic E-state index is 10.8. The lowest BCUT2D eigenvalue weighted by Crippen LogP contribution is -2.58. The summed E-state index contributed by atoms with van der Waals surface area (Å²) in [5.74, 6) is 0.999. The van der Waals surface area contributed by atoms with Crippen LogP contribution >= 0.6 is 11.3 Å². The third kappa shape index (κ3) is 1.74. The summed E-state index contributed by atoms with van der Waals surface area (Å²) in [5, 5.41) is 4.04. The van der Waals surface area contributed by atoms with Gasteiger partial charge in [-0.15, -0.1) is 0 Å². The predicted octanol–water partition coefficient (Wildman–Crippen LogP) is 1.45. The fourth-order valence-electron chi connectivity index (χ4n) is 2.95. The molecule has 98 valence electrons. The highest BCUT2D eigenvalue weighted by molar-refractivity contribution is 7.19. The minimum atomic E-state index is 0.332. The fourth-order valence-corrected chi connectivity index (χ4v) is 3.69. The van der Waals surface area contributed by atoms with E-state index in [2.05, 4.69) is 20.2 Å². The van der Waals surface area contributed by atoms with Crippen LogP contribution in [0.5, 0.6) is 0 Å². The Balaban J connectivity index is 1.66. The van der Waals surface area contributed by atoms with Crippen molar-refractivity contribution in [2.24, 2.45) is 0 Å². The molecule has 2 saturated heterocycles. The van der Waals surface area contributed by atoms with Gasteiger partial charge in [0.1, 0.15) is 16.2 Å². The second-order valence-electron chi connectivity index (χ2n) is 5.29. The van der Waals surface area contributed by atoms with Crippen molar-refractivity contribution in [1.29, 1.82) is 0 Å². The van der Waals surface area contributed by atoms with Crippen molar-refractivity contribution in [1.82, 2.24) is 15.3 Å². The molecule has 0 radical (unpaired) electrons. The Morgan fingerprint density at radius 3 is 2.95 bits per heavy atom. The van der Waals surface area contributed by atoms with Gasteiger partial charge in [0.2, 0.25) is 0 Å². The number of carbonyl (C=O) groups excluding carboxylic acids is 1. The van der Waals surface area contributed by atoms with Crippen LogP contribution in [0.15, 0.2) is 12.1 Å². The van der Waals surface area contributed by atoms with Crippen LogP contribution in [0.2, 0.25) is 0 Å². The van der Waals surface area contributed by atoms with Crippen molar-refractivity contribution in [2.75, 3.05) is 24.5 Å². The lowest BCUT2D eigenvalue weighted by molar-refractivity contribution is 0.112. The zero-order valence-corrected chi connectivity index (χ0v) is 11.2. The van der Waals surface area contributed by atoms with E-state index in [-0.39, 0.29) is 0 Å². The predicted molar refractivity (Wildman–Crippen MR) is 75.0 cm³/mol. The van der Waals surface area contributed by atoms with Gasteiger partial charge in [-0.3, -0.25) is 4.79 Å². The number of nitrogens with one attached hydrogen (secondary N) is 1. The standard InChI is InChI=1S/C13H14N4OS/c18-7-11-15-9-1-2-10(16-12(9)19-11)17-6-4-13(8-17)3-5-14-13/h1-2,7,14H,3-6,8H2. The molecule has 0 aromatic carbocycles. The third-order valence-corrected chi connectivity index (χ3v) is 5.03. The van der Waals surface area contributed by atoms with Crippen LogP contribution in [0, 0.1) is 0 Å². The highest BCUT2D eigenvalue weighted by Gasteiger charge is 2.42. The van der Waals surface area contributed by atoms with E-state index in [0.29, 0.717) is 10.5 Å². The lowest BCUT2D eigenvalue weighted by Gasteiger charge is -2.39. The van der Waals surface area contributed by atoms with Crippen molar-refractivity contribution >= 4 is 33.8 Å². The van der Waals surface area contributed by atoms with E-state index in [9.17, 15) is 4.79 Å². The van der Waals surface area contributed by atoms with Gasteiger partial charge in [-0.25, -0.2) is 9.97 Å². The van der Waals surface area contributed by atoms with Gasteiger partial charge in [0, 0.05) is 18.6 Å². The number of rotatable bonds is 2. The van der Waals surface area contributed by atoms with Gasteiger partial charge in [-0.05, 0) is 31.5 Å². The monoisotopic (exact) mass is 274 g/mol. The molecular formula is C13H14N4OS. The Morgan fingerprint density at radius 1 is 1.37 bits per heavy atom. The molecule has 19 heavy (non-hydrogen) atoms. The summed E-state index contributed by atoms with van der Waals surface area (Å²) >= 11 is 1.36. The van der Waals surface area contributed by atoms with Crippen molar-refractivity contribution in [3.05, 3.63) is 17.1 Å². The van der Waals surface area contributed by atoms with Crippen LogP contribution in [0.25, 0.3) is 10.3 Å². The molecule has 0 bridgehead atoms. The summed E-state index contributed by atoms with van der Waals surface area (Å²) in [7, 11) is 0. The van der Waals surface area contributed by atoms with E-state index < -0.39 is 0 Å². The van der Waals surface area contributed by atoms with E-state index in [0.717, 1.165) is 42.1 Å². The van der Waals surface area contributed by atoms with E-state index in [1.54, 1.807) is 0 Å². The normalized spacial score (nSPS) is 26.0. The average molecular weight is 274 g/mol. The van der Waals surface area contributed by atoms with E-state index in [1.165, 1.54) is 24.2 Å². The molecule has 4 rings (SSSR count). The molecule has 6 heteroatoms. The van der Waals surface area contributed by atoms with Crippen molar-refractivity contribution < 1.29 is 4.79 Å². The number of aromatic nitrogens is 2. The summed E-state index contributed by atoms with van der Waals surface area (Å²) in [4.78, 5) is 22.8. The molecular weight excluding hydrogens is 260 g/mol. The minimum absolute atomic E-state index is 0.332. The van der Waals surface area contributed by atoms with Crippen LogP contribution in [0.4, 0.5) is 5.82 Å². The molecule has 0 amide bonds. The molecule has 1 atom stereocenters. The molecule has 2 aliphatic heterocycles. The number of fused-ring (bicyclic) bond motifs is 1. The molecule has 2 aromatic rings. The first kappa shape index (κ1) is 11.3. The fraction of sp³-hybridized carbons (Fsp3) is 0.462. The molecule has 4 heterocycles. The van der Waals surface area contributed by atoms with Gasteiger partial charge in [-0.2, -0.15) is 0 Å². The van der Waals surface area contributed by atoms with Gasteiger partial charge < -0.3 is 10.2 Å². The molecule has 2 aliphatic rings. The smallest absolute Gasteiger partial charge is 0.178 e. The van der Waals surface area contributed by atoms with Crippen LogP contribution < -0.4 is 10.2 Å². The summed E-state index contributed by atoms with van der Waals surface area (Å²) in [5.41, 5.74) is 1.14. The van der Waals surface area contributed by atoms with Crippen LogP contribution in [0.1, 0.15) is 22.6 Å². The Morgan fingerprint density at radius 2 is 2.26 bits per heavy atom. The van der Waals surface area contributed by atoms with Gasteiger partial charge in [0.05, 0.1) is 0 Å². The third-order valence-electron chi connectivity index (χ3n) is 4.14. The summed E-state index contributed by atoms with van der Waals surface area (Å²) in [6.07, 6.45) is 3.24. The highest BCUT2D eigenvalue weighted by Crippen LogP contribution is 2.33. The van der Waals surface area contributed by atoms with Crippen LogP contribution in [-0.2, 0) is 0 Å². The van der Waals surface area contributed by atoms with E-state index in [1.807, 2.05) is 12.1 Å². The summed E-state index contributed by atoms with van der Waals surface area (Å²) in [6.45, 7) is 3.22. The van der Waals surface area contributed by atoms with E-state index in [4.69, 9.17) is 0 Å². The second-order valence-corrected chi connectivity index (χ2v) is 6.30. The molecule has 2 aromatic heterocycles. The first-order chi connectivity index (χ1) is 9.28. The number of hydrogen-bond acceptors (Lipinski definition) is 6. The molecule has 1 N–H and O–H groups in total. The average Bonchev–Trinajstić information content (AvgIpc) is 3.01. The molecule has 1 unspecified atom stereocenters. The van der Waals surface area contributed by atoms with Crippen molar-refractivity contribution in [3.63, 3.8) is 0 Å². The Hall–Kier alpha value is -1.53. The maximum Gasteiger partial charge on any atom is 0.178 e. The number of aldehydes is 1.